The highest BCUT2D eigenvalue weighted by Crippen LogP contribution is 2.21. The van der Waals surface area contributed by atoms with E-state index in [-0.39, 0.29) is 6.04 Å². The molecule has 2 heterocycles. The summed E-state index contributed by atoms with van der Waals surface area (Å²) in [5, 5.41) is 0. The van der Waals surface area contributed by atoms with Crippen molar-refractivity contribution in [1.82, 2.24) is 9.97 Å². The number of hydrogen-bond acceptors (Lipinski definition) is 3. The number of halogens is 1. The Morgan fingerprint density at radius 2 is 2.06 bits per heavy atom. The van der Waals surface area contributed by atoms with Crippen molar-refractivity contribution >= 4 is 15.9 Å². The molecular formula is C12H12BrN3. The van der Waals surface area contributed by atoms with Crippen LogP contribution >= 0.6 is 15.9 Å². The molecule has 2 aromatic heterocycles. The van der Waals surface area contributed by atoms with Crippen molar-refractivity contribution in [3.8, 4) is 0 Å². The third-order valence-corrected chi connectivity index (χ3v) is 2.99. The topological polar surface area (TPSA) is 51.8 Å². The fourth-order valence-corrected chi connectivity index (χ4v) is 2.09. The Bertz CT molecular complexity index is 459. The molecule has 1 atom stereocenters. The van der Waals surface area contributed by atoms with Crippen LogP contribution in [0.1, 0.15) is 17.3 Å². The monoisotopic (exact) mass is 277 g/mol. The molecule has 0 bridgehead atoms. The molecule has 0 saturated heterocycles. The normalized spacial score (nSPS) is 12.4. The maximum atomic E-state index is 6.11. The van der Waals surface area contributed by atoms with Gasteiger partial charge in [-0.15, -0.1) is 0 Å². The Kier molecular flexibility index (Phi) is 3.64. The van der Waals surface area contributed by atoms with Crippen molar-refractivity contribution in [2.75, 3.05) is 0 Å². The highest BCUT2D eigenvalue weighted by atomic mass is 79.9. The molecule has 16 heavy (non-hydrogen) atoms. The van der Waals surface area contributed by atoms with Crippen molar-refractivity contribution < 1.29 is 0 Å². The van der Waals surface area contributed by atoms with Gasteiger partial charge in [-0.2, -0.15) is 0 Å². The summed E-state index contributed by atoms with van der Waals surface area (Å²) < 4.78 is 0.950. The van der Waals surface area contributed by atoms with E-state index in [1.54, 1.807) is 12.4 Å². The van der Waals surface area contributed by atoms with Crippen LogP contribution in [0, 0.1) is 0 Å². The van der Waals surface area contributed by atoms with Crippen molar-refractivity contribution in [3.05, 3.63) is 58.6 Å². The van der Waals surface area contributed by atoms with Crippen LogP contribution in [0.25, 0.3) is 0 Å². The molecule has 0 amide bonds. The van der Waals surface area contributed by atoms with Crippen molar-refractivity contribution in [1.29, 1.82) is 0 Å². The van der Waals surface area contributed by atoms with E-state index in [0.717, 1.165) is 22.2 Å². The molecule has 82 valence electrons. The van der Waals surface area contributed by atoms with Crippen molar-refractivity contribution in [3.63, 3.8) is 0 Å². The minimum atomic E-state index is -0.111. The number of aromatic nitrogens is 2. The smallest absolute Gasteiger partial charge is 0.0716 e. The van der Waals surface area contributed by atoms with Crippen LogP contribution in [0.15, 0.2) is 47.3 Å². The zero-order chi connectivity index (χ0) is 11.4. The molecule has 0 radical (unpaired) electrons. The second-order valence-electron chi connectivity index (χ2n) is 3.54. The van der Waals surface area contributed by atoms with Gasteiger partial charge >= 0.3 is 0 Å². The predicted octanol–water partition coefficient (Wildman–Crippen LogP) is 2.48. The number of pyridine rings is 2. The second kappa shape index (κ2) is 5.18. The van der Waals surface area contributed by atoms with Gasteiger partial charge in [-0.3, -0.25) is 9.97 Å². The van der Waals surface area contributed by atoms with Crippen LogP contribution in [0.4, 0.5) is 0 Å². The van der Waals surface area contributed by atoms with E-state index in [4.69, 9.17) is 5.73 Å². The third-order valence-electron chi connectivity index (χ3n) is 2.32. The molecule has 4 heteroatoms. The molecular weight excluding hydrogens is 266 g/mol. The first-order chi connectivity index (χ1) is 7.77. The zero-order valence-electron chi connectivity index (χ0n) is 8.68. The van der Waals surface area contributed by atoms with E-state index < -0.39 is 0 Å². The van der Waals surface area contributed by atoms with Crippen LogP contribution in [0.2, 0.25) is 0 Å². The summed E-state index contributed by atoms with van der Waals surface area (Å²) in [5.74, 6) is 0. The summed E-state index contributed by atoms with van der Waals surface area (Å²) in [7, 11) is 0. The summed E-state index contributed by atoms with van der Waals surface area (Å²) in [6.07, 6.45) is 6.08. The quantitative estimate of drug-likeness (QED) is 0.938. The van der Waals surface area contributed by atoms with Gasteiger partial charge in [0, 0.05) is 23.1 Å². The summed E-state index contributed by atoms with van der Waals surface area (Å²) in [6, 6.07) is 7.65. The number of nitrogens with two attached hydrogens (primary N) is 1. The maximum Gasteiger partial charge on any atom is 0.0716 e. The molecule has 0 aliphatic heterocycles. The molecule has 0 spiro atoms. The number of nitrogens with zero attached hydrogens (tertiary/aromatic N) is 2. The summed E-state index contributed by atoms with van der Waals surface area (Å²) >= 11 is 3.45. The van der Waals surface area contributed by atoms with Crippen molar-refractivity contribution in [2.24, 2.45) is 5.73 Å². The van der Waals surface area contributed by atoms with Gasteiger partial charge in [-0.05, 0) is 46.1 Å². The summed E-state index contributed by atoms with van der Waals surface area (Å²) in [6.45, 7) is 0. The van der Waals surface area contributed by atoms with E-state index in [9.17, 15) is 0 Å². The molecule has 1 unspecified atom stereocenters. The lowest BCUT2D eigenvalue weighted by Gasteiger charge is -2.12. The van der Waals surface area contributed by atoms with Crippen molar-refractivity contribution in [2.45, 2.75) is 12.5 Å². The minimum absolute atomic E-state index is 0.111. The van der Waals surface area contributed by atoms with Crippen LogP contribution in [0.5, 0.6) is 0 Å². The SMILES string of the molecule is NC(Cc1cccnc1)c1ncccc1Br. The van der Waals surface area contributed by atoms with Crippen LogP contribution in [0.3, 0.4) is 0 Å². The van der Waals surface area contributed by atoms with Crippen LogP contribution < -0.4 is 5.73 Å². The lowest BCUT2D eigenvalue weighted by atomic mass is 10.1. The van der Waals surface area contributed by atoms with E-state index in [0.29, 0.717) is 0 Å². The molecule has 2 rings (SSSR count). The van der Waals surface area contributed by atoms with E-state index in [2.05, 4.69) is 25.9 Å². The molecule has 2 aromatic rings. The van der Waals surface area contributed by atoms with Gasteiger partial charge in [0.15, 0.2) is 0 Å². The fraction of sp³-hybridized carbons (Fsp3) is 0.167. The fourth-order valence-electron chi connectivity index (χ4n) is 1.54. The molecule has 0 aliphatic rings. The van der Waals surface area contributed by atoms with Gasteiger partial charge < -0.3 is 5.73 Å². The Labute approximate surface area is 103 Å². The zero-order valence-corrected chi connectivity index (χ0v) is 10.3. The largest absolute Gasteiger partial charge is 0.322 e. The average Bonchev–Trinajstić information content (AvgIpc) is 2.31. The second-order valence-corrected chi connectivity index (χ2v) is 4.40. The molecule has 0 aliphatic carbocycles. The lowest BCUT2D eigenvalue weighted by molar-refractivity contribution is 0.690. The first-order valence-corrected chi connectivity index (χ1v) is 5.81. The van der Waals surface area contributed by atoms with Crippen LogP contribution in [-0.2, 0) is 6.42 Å². The standard InChI is InChI=1S/C12H12BrN3/c13-10-4-2-6-16-12(10)11(14)7-9-3-1-5-15-8-9/h1-6,8,11H,7,14H2. The Balaban J connectivity index is 2.15. The molecule has 0 fully saturated rings. The maximum absolute atomic E-state index is 6.11. The van der Waals surface area contributed by atoms with E-state index in [1.165, 1.54) is 0 Å². The van der Waals surface area contributed by atoms with E-state index >= 15 is 0 Å². The number of hydrogen-bond donors (Lipinski definition) is 1. The van der Waals surface area contributed by atoms with Crippen LogP contribution in [-0.4, -0.2) is 9.97 Å². The molecule has 0 aromatic carbocycles. The van der Waals surface area contributed by atoms with E-state index in [1.807, 2.05) is 30.5 Å². The third kappa shape index (κ3) is 2.65. The Morgan fingerprint density at radius 3 is 2.75 bits per heavy atom. The van der Waals surface area contributed by atoms with Gasteiger partial charge in [0.25, 0.3) is 0 Å². The summed E-state index contributed by atoms with van der Waals surface area (Å²) in [5.41, 5.74) is 8.11. The summed E-state index contributed by atoms with van der Waals surface area (Å²) in [4.78, 5) is 8.35. The Hall–Kier alpha value is -1.26. The highest BCUT2D eigenvalue weighted by molar-refractivity contribution is 9.10. The Morgan fingerprint density at radius 1 is 1.25 bits per heavy atom. The molecule has 0 saturated carbocycles. The van der Waals surface area contributed by atoms with Gasteiger partial charge in [-0.1, -0.05) is 6.07 Å². The van der Waals surface area contributed by atoms with Gasteiger partial charge in [-0.25, -0.2) is 0 Å². The van der Waals surface area contributed by atoms with Gasteiger partial charge in [0.2, 0.25) is 0 Å². The number of rotatable bonds is 3. The predicted molar refractivity (Wildman–Crippen MR) is 66.8 cm³/mol. The lowest BCUT2D eigenvalue weighted by Crippen LogP contribution is -2.15. The highest BCUT2D eigenvalue weighted by Gasteiger charge is 2.11. The molecule has 2 N–H and O–H groups in total. The first-order valence-electron chi connectivity index (χ1n) is 5.02. The first kappa shape index (κ1) is 11.2. The minimum Gasteiger partial charge on any atom is -0.322 e. The van der Waals surface area contributed by atoms with Gasteiger partial charge in [0.05, 0.1) is 11.7 Å². The molecule has 3 nitrogen and oxygen atoms in total. The average molecular weight is 278 g/mol. The van der Waals surface area contributed by atoms with Gasteiger partial charge in [0.1, 0.15) is 0 Å².